The lowest BCUT2D eigenvalue weighted by Gasteiger charge is -2.14. The predicted octanol–water partition coefficient (Wildman–Crippen LogP) is 3.20. The molecule has 3 rings (SSSR count). The molecule has 6 nitrogen and oxygen atoms in total. The van der Waals surface area contributed by atoms with Gasteiger partial charge in [0.2, 0.25) is 5.91 Å². The fourth-order valence-corrected chi connectivity index (χ4v) is 5.28. The molecule has 3 amide bonds. The van der Waals surface area contributed by atoms with Gasteiger partial charge in [0.1, 0.15) is 15.7 Å². The van der Waals surface area contributed by atoms with Crippen molar-refractivity contribution in [1.29, 1.82) is 0 Å². The molecule has 2 heterocycles. The molecule has 1 aliphatic rings. The monoisotopic (exact) mass is 378 g/mol. The average molecular weight is 379 g/mol. The van der Waals surface area contributed by atoms with E-state index in [0.717, 1.165) is 28.1 Å². The minimum absolute atomic E-state index is 0.0201. The topological polar surface area (TPSA) is 84.0 Å². The highest BCUT2D eigenvalue weighted by Gasteiger charge is 2.25. The summed E-state index contributed by atoms with van der Waals surface area (Å²) >= 11 is 3.13. The van der Waals surface area contributed by atoms with Crippen molar-refractivity contribution in [3.63, 3.8) is 0 Å². The Labute approximate surface area is 155 Å². The highest BCUT2D eigenvalue weighted by molar-refractivity contribution is 8.00. The molecule has 0 bridgehead atoms. The number of hydrogen-bond acceptors (Lipinski definition) is 6. The summed E-state index contributed by atoms with van der Waals surface area (Å²) < 4.78 is 0. The summed E-state index contributed by atoms with van der Waals surface area (Å²) in [4.78, 5) is 35.6. The van der Waals surface area contributed by atoms with Crippen LogP contribution in [0.5, 0.6) is 0 Å². The van der Waals surface area contributed by atoms with Crippen molar-refractivity contribution in [3.05, 3.63) is 16.3 Å². The fraction of sp³-hybridized carbons (Fsp3) is 0.529. The second kappa shape index (κ2) is 7.29. The Balaban J connectivity index is 1.80. The van der Waals surface area contributed by atoms with E-state index in [1.54, 1.807) is 18.3 Å². The van der Waals surface area contributed by atoms with Crippen LogP contribution >= 0.6 is 23.1 Å². The molecular formula is C17H22N4O2S2. The van der Waals surface area contributed by atoms with E-state index < -0.39 is 11.3 Å². The number of imide groups is 1. The Morgan fingerprint density at radius 3 is 2.68 bits per heavy atom. The molecule has 0 aromatic carbocycles. The summed E-state index contributed by atoms with van der Waals surface area (Å²) in [7, 11) is 0. The van der Waals surface area contributed by atoms with E-state index >= 15 is 0 Å². The van der Waals surface area contributed by atoms with E-state index in [1.807, 2.05) is 20.8 Å². The highest BCUT2D eigenvalue weighted by Crippen LogP contribution is 2.41. The van der Waals surface area contributed by atoms with Gasteiger partial charge in [-0.1, -0.05) is 11.8 Å². The quantitative estimate of drug-likeness (QED) is 0.630. The smallest absolute Gasteiger partial charge is 0.321 e. The third-order valence-electron chi connectivity index (χ3n) is 3.96. The van der Waals surface area contributed by atoms with Gasteiger partial charge in [-0.2, -0.15) is 0 Å². The number of aromatic nitrogens is 2. The average Bonchev–Trinajstić information content (AvgIpc) is 3.05. The Kier molecular flexibility index (Phi) is 5.29. The molecule has 0 spiro atoms. The lowest BCUT2D eigenvalue weighted by molar-refractivity contribution is -0.119. The van der Waals surface area contributed by atoms with E-state index in [9.17, 15) is 9.59 Å². The zero-order chi connectivity index (χ0) is 18.1. The summed E-state index contributed by atoms with van der Waals surface area (Å²) in [5, 5.41) is 6.56. The Morgan fingerprint density at radius 1 is 1.20 bits per heavy atom. The number of nitrogens with zero attached hydrogens (tertiary/aromatic N) is 2. The number of rotatable bonds is 4. The summed E-state index contributed by atoms with van der Waals surface area (Å²) in [6.45, 7) is 7.35. The molecule has 1 aliphatic carbocycles. The lowest BCUT2D eigenvalue weighted by atomic mass is 10.2. The molecule has 0 saturated heterocycles. The van der Waals surface area contributed by atoms with Crippen LogP contribution in [0.1, 0.15) is 43.5 Å². The van der Waals surface area contributed by atoms with Crippen LogP contribution in [0.15, 0.2) is 5.03 Å². The van der Waals surface area contributed by atoms with Crippen molar-refractivity contribution in [3.8, 4) is 0 Å². The van der Waals surface area contributed by atoms with E-state index in [4.69, 9.17) is 0 Å². The highest BCUT2D eigenvalue weighted by atomic mass is 32.2. The number of hydrogen-bond donors (Lipinski definition) is 2. The number of aryl methyl sites for hydroxylation is 3. The Bertz CT molecular complexity index is 832. The van der Waals surface area contributed by atoms with E-state index in [2.05, 4.69) is 20.6 Å². The number of carbonyl (C=O) groups excluding carboxylic acids is 2. The number of nitrogens with one attached hydrogen (secondary N) is 2. The summed E-state index contributed by atoms with van der Waals surface area (Å²) in [6, 6.07) is -0.485. The van der Waals surface area contributed by atoms with Gasteiger partial charge < -0.3 is 5.32 Å². The van der Waals surface area contributed by atoms with Crippen LogP contribution < -0.4 is 10.6 Å². The first-order chi connectivity index (χ1) is 11.8. The maximum Gasteiger partial charge on any atom is 0.321 e. The van der Waals surface area contributed by atoms with Gasteiger partial charge in [0.05, 0.1) is 5.25 Å². The number of amides is 3. The largest absolute Gasteiger partial charge is 0.336 e. The summed E-state index contributed by atoms with van der Waals surface area (Å²) in [5.74, 6) is 0.388. The SMILES string of the molecule is Cc1nc(S[C@@H](C)C(=O)NC(=O)NC(C)C)c2c3c(sc2n1)CCC3. The number of fused-ring (bicyclic) bond motifs is 3. The predicted molar refractivity (Wildman–Crippen MR) is 101 cm³/mol. The van der Waals surface area contributed by atoms with Crippen LogP contribution in [0, 0.1) is 6.92 Å². The van der Waals surface area contributed by atoms with Gasteiger partial charge in [-0.3, -0.25) is 10.1 Å². The maximum atomic E-state index is 12.3. The van der Waals surface area contributed by atoms with Crippen LogP contribution in [0.4, 0.5) is 4.79 Å². The first-order valence-electron chi connectivity index (χ1n) is 8.42. The molecule has 0 aliphatic heterocycles. The van der Waals surface area contributed by atoms with Gasteiger partial charge in [-0.25, -0.2) is 14.8 Å². The van der Waals surface area contributed by atoms with Crippen LogP contribution in [0.3, 0.4) is 0 Å². The number of carbonyl (C=O) groups is 2. The minimum atomic E-state index is -0.465. The third-order valence-corrected chi connectivity index (χ3v) is 6.23. The number of urea groups is 1. The van der Waals surface area contributed by atoms with Crippen LogP contribution in [-0.2, 0) is 17.6 Å². The number of thiophene rings is 1. The van der Waals surface area contributed by atoms with Gasteiger partial charge >= 0.3 is 6.03 Å². The molecular weight excluding hydrogens is 356 g/mol. The number of thioether (sulfide) groups is 1. The van der Waals surface area contributed by atoms with Gasteiger partial charge in [0.25, 0.3) is 0 Å². The molecule has 0 saturated carbocycles. The molecule has 2 N–H and O–H groups in total. The second-order valence-electron chi connectivity index (χ2n) is 6.49. The Morgan fingerprint density at radius 2 is 1.96 bits per heavy atom. The van der Waals surface area contributed by atoms with Crippen molar-refractivity contribution < 1.29 is 9.59 Å². The normalized spacial score (nSPS) is 14.6. The first-order valence-corrected chi connectivity index (χ1v) is 10.1. The van der Waals surface area contributed by atoms with Crippen LogP contribution in [0.25, 0.3) is 10.2 Å². The molecule has 0 unspecified atom stereocenters. The van der Waals surface area contributed by atoms with E-state index in [1.165, 1.54) is 28.6 Å². The fourth-order valence-electron chi connectivity index (χ4n) is 2.88. The summed E-state index contributed by atoms with van der Waals surface area (Å²) in [5.41, 5.74) is 1.34. The van der Waals surface area contributed by atoms with Crippen LogP contribution in [-0.4, -0.2) is 33.2 Å². The first kappa shape index (κ1) is 18.1. The molecule has 25 heavy (non-hydrogen) atoms. The van der Waals surface area contributed by atoms with E-state index in [-0.39, 0.29) is 11.9 Å². The molecule has 2 aromatic rings. The van der Waals surface area contributed by atoms with E-state index in [0.29, 0.717) is 5.82 Å². The lowest BCUT2D eigenvalue weighted by Crippen LogP contribution is -2.45. The van der Waals surface area contributed by atoms with Crippen molar-refractivity contribution in [2.45, 2.75) is 63.3 Å². The molecule has 0 fully saturated rings. The van der Waals surface area contributed by atoms with Crippen molar-refractivity contribution >= 4 is 45.3 Å². The van der Waals surface area contributed by atoms with Crippen molar-refractivity contribution in [2.24, 2.45) is 0 Å². The zero-order valence-electron chi connectivity index (χ0n) is 14.8. The molecule has 2 aromatic heterocycles. The van der Waals surface area contributed by atoms with Crippen molar-refractivity contribution in [2.75, 3.05) is 0 Å². The van der Waals surface area contributed by atoms with Gasteiger partial charge in [-0.05, 0) is 52.5 Å². The molecule has 1 atom stereocenters. The zero-order valence-corrected chi connectivity index (χ0v) is 16.4. The molecule has 0 radical (unpaired) electrons. The summed E-state index contributed by atoms with van der Waals surface area (Å²) in [6.07, 6.45) is 3.32. The van der Waals surface area contributed by atoms with Gasteiger partial charge in [-0.15, -0.1) is 11.3 Å². The van der Waals surface area contributed by atoms with Crippen molar-refractivity contribution in [1.82, 2.24) is 20.6 Å². The molecule has 134 valence electrons. The van der Waals surface area contributed by atoms with Gasteiger partial charge in [0.15, 0.2) is 0 Å². The molecule has 8 heteroatoms. The maximum absolute atomic E-state index is 12.3. The minimum Gasteiger partial charge on any atom is -0.336 e. The third kappa shape index (κ3) is 3.95. The standard InChI is InChI=1S/C17H22N4O2S2/c1-8(2)18-17(23)21-14(22)9(3)24-15-13-11-6-5-7-12(11)25-16(13)20-10(4)19-15/h8-9H,5-7H2,1-4H3,(H2,18,21,22,23)/t9-/m0/s1. The Hall–Kier alpha value is -1.67. The van der Waals surface area contributed by atoms with Gasteiger partial charge in [0, 0.05) is 16.3 Å². The second-order valence-corrected chi connectivity index (χ2v) is 8.90. The van der Waals surface area contributed by atoms with Crippen LogP contribution in [0.2, 0.25) is 0 Å².